The van der Waals surface area contributed by atoms with Gasteiger partial charge < -0.3 is 31.7 Å². The van der Waals surface area contributed by atoms with E-state index in [4.69, 9.17) is 31.4 Å². The Bertz CT molecular complexity index is 765. The molecule has 0 aromatic heterocycles. The van der Waals surface area contributed by atoms with Crippen molar-refractivity contribution in [2.24, 2.45) is 17.4 Å². The smallest absolute Gasteiger partial charge is 0.480 e. The van der Waals surface area contributed by atoms with Crippen molar-refractivity contribution in [3.63, 3.8) is 0 Å². The van der Waals surface area contributed by atoms with Gasteiger partial charge in [0.25, 0.3) is 10.2 Å². The number of rotatable bonds is 9. The molecule has 9 N–H and O–H groups in total. The van der Waals surface area contributed by atoms with Gasteiger partial charge in [0.05, 0.1) is 0 Å². The average molecular weight is 478 g/mol. The van der Waals surface area contributed by atoms with Crippen LogP contribution < -0.4 is 16.2 Å². The Balaban J connectivity index is 0.000000592. The van der Waals surface area contributed by atoms with Gasteiger partial charge in [-0.15, -0.1) is 0 Å². The fraction of sp³-hybridized carbons (Fsp3) is 0.857. The van der Waals surface area contributed by atoms with Crippen LogP contribution >= 0.6 is 0 Å². The van der Waals surface area contributed by atoms with Crippen LogP contribution in [-0.4, -0.2) is 88.9 Å². The number of nitrogens with one attached hydrogen (secondary N) is 1. The Morgan fingerprint density at radius 2 is 1.71 bits per heavy atom. The molecule has 2 fully saturated rings. The number of halogens is 3. The Labute approximate surface area is 176 Å². The first kappa shape index (κ1) is 27.5. The van der Waals surface area contributed by atoms with Gasteiger partial charge in [-0.1, -0.05) is 6.42 Å². The molecule has 1 aliphatic carbocycles. The zero-order valence-corrected chi connectivity index (χ0v) is 17.2. The van der Waals surface area contributed by atoms with Gasteiger partial charge in [0.1, 0.15) is 5.54 Å². The van der Waals surface area contributed by atoms with Crippen LogP contribution in [0.25, 0.3) is 0 Å². The van der Waals surface area contributed by atoms with E-state index < -0.39 is 52.4 Å². The fourth-order valence-electron chi connectivity index (χ4n) is 2.88. The highest BCUT2D eigenvalue weighted by molar-refractivity contribution is 7.87. The Morgan fingerprint density at radius 1 is 1.19 bits per heavy atom. The lowest BCUT2D eigenvalue weighted by atomic mass is 9.78. The van der Waals surface area contributed by atoms with Gasteiger partial charge in [-0.2, -0.15) is 25.9 Å². The summed E-state index contributed by atoms with van der Waals surface area (Å²) in [7, 11) is -5.35. The molecular formula is C14H26BF3N4O8S. The molecule has 2 rings (SSSR count). The van der Waals surface area contributed by atoms with E-state index in [9.17, 15) is 31.5 Å². The molecule has 0 amide bonds. The van der Waals surface area contributed by atoms with Gasteiger partial charge in [-0.3, -0.25) is 4.79 Å². The molecule has 0 unspecified atom stereocenters. The summed E-state index contributed by atoms with van der Waals surface area (Å²) in [6, 6.07) is 0. The number of carbonyl (C=O) groups is 2. The lowest BCUT2D eigenvalue weighted by Crippen LogP contribution is -2.55. The van der Waals surface area contributed by atoms with E-state index >= 15 is 0 Å². The van der Waals surface area contributed by atoms with Gasteiger partial charge >= 0.3 is 25.2 Å². The summed E-state index contributed by atoms with van der Waals surface area (Å²) in [4.78, 5) is 20.4. The molecule has 1 heterocycles. The van der Waals surface area contributed by atoms with Gasteiger partial charge in [0.2, 0.25) is 0 Å². The van der Waals surface area contributed by atoms with Crippen LogP contribution in [0.1, 0.15) is 25.7 Å². The van der Waals surface area contributed by atoms with E-state index in [0.717, 1.165) is 17.1 Å². The van der Waals surface area contributed by atoms with Crippen molar-refractivity contribution < 1.29 is 51.4 Å². The maximum Gasteiger partial charge on any atom is 0.490 e. The third-order valence-electron chi connectivity index (χ3n) is 5.08. The second kappa shape index (κ2) is 9.97. The number of carboxylic acid groups (broad SMARTS) is 2. The van der Waals surface area contributed by atoms with Gasteiger partial charge in [-0.25, -0.2) is 9.52 Å². The average Bonchev–Trinajstić information content (AvgIpc) is 3.25. The summed E-state index contributed by atoms with van der Waals surface area (Å²) in [5, 5.41) is 34.3. The van der Waals surface area contributed by atoms with Crippen molar-refractivity contribution in [3.05, 3.63) is 0 Å². The normalized spacial score (nSPS) is 25.5. The number of hydrogen-bond acceptors (Lipinski definition) is 8. The lowest BCUT2D eigenvalue weighted by molar-refractivity contribution is -0.192. The molecule has 0 spiro atoms. The first-order valence-corrected chi connectivity index (χ1v) is 10.6. The van der Waals surface area contributed by atoms with E-state index in [0.29, 0.717) is 6.42 Å². The first-order chi connectivity index (χ1) is 13.9. The fourth-order valence-corrected chi connectivity index (χ4v) is 4.29. The molecule has 0 aromatic rings. The predicted octanol–water partition coefficient (Wildman–Crippen LogP) is -2.09. The Hall–Kier alpha value is -1.50. The highest BCUT2D eigenvalue weighted by atomic mass is 32.2. The van der Waals surface area contributed by atoms with Crippen molar-refractivity contribution in [2.75, 3.05) is 19.6 Å². The van der Waals surface area contributed by atoms with E-state index in [1.807, 2.05) is 0 Å². The number of nitrogens with zero attached hydrogens (tertiary/aromatic N) is 1. The monoisotopic (exact) mass is 478 g/mol. The Kier molecular flexibility index (Phi) is 8.86. The van der Waals surface area contributed by atoms with Crippen LogP contribution in [0, 0.1) is 5.92 Å². The van der Waals surface area contributed by atoms with Crippen molar-refractivity contribution in [1.82, 2.24) is 9.03 Å². The van der Waals surface area contributed by atoms with Crippen LogP contribution in [0.2, 0.25) is 6.32 Å². The molecule has 2 atom stereocenters. The van der Waals surface area contributed by atoms with E-state index in [1.54, 1.807) is 0 Å². The van der Waals surface area contributed by atoms with Gasteiger partial charge in [0.15, 0.2) is 0 Å². The zero-order chi connectivity index (χ0) is 24.3. The van der Waals surface area contributed by atoms with E-state index in [-0.39, 0.29) is 32.4 Å². The molecule has 17 heteroatoms. The third-order valence-corrected chi connectivity index (χ3v) is 6.55. The van der Waals surface area contributed by atoms with E-state index in [1.165, 1.54) is 0 Å². The Morgan fingerprint density at radius 3 is 2.10 bits per heavy atom. The number of aliphatic carboxylic acids is 2. The minimum absolute atomic E-state index is 0.0305. The van der Waals surface area contributed by atoms with E-state index in [2.05, 4.69) is 4.72 Å². The number of carboxylic acids is 2. The first-order valence-electron chi connectivity index (χ1n) is 9.15. The molecule has 31 heavy (non-hydrogen) atoms. The second-order valence-electron chi connectivity index (χ2n) is 7.74. The maximum atomic E-state index is 12.4. The minimum Gasteiger partial charge on any atom is -0.480 e. The molecule has 180 valence electrons. The summed E-state index contributed by atoms with van der Waals surface area (Å²) in [6.45, 7) is -0.253. The molecule has 0 aromatic carbocycles. The largest absolute Gasteiger partial charge is 0.490 e. The third kappa shape index (κ3) is 8.17. The molecule has 12 nitrogen and oxygen atoms in total. The quantitative estimate of drug-likeness (QED) is 0.179. The van der Waals surface area contributed by atoms with Crippen molar-refractivity contribution >= 4 is 29.3 Å². The van der Waals surface area contributed by atoms with Crippen LogP contribution in [0.3, 0.4) is 0 Å². The summed E-state index contributed by atoms with van der Waals surface area (Å²) in [5.41, 5.74) is 9.62. The highest BCUT2D eigenvalue weighted by Crippen LogP contribution is 2.33. The molecule has 1 saturated carbocycles. The van der Waals surface area contributed by atoms with Crippen LogP contribution in [-0.2, 0) is 19.8 Å². The summed E-state index contributed by atoms with van der Waals surface area (Å²) >= 11 is 0. The number of nitrogens with two attached hydrogens (primary N) is 2. The molecule has 0 radical (unpaired) electrons. The predicted molar refractivity (Wildman–Crippen MR) is 101 cm³/mol. The van der Waals surface area contributed by atoms with Gasteiger partial charge in [-0.05, 0) is 25.6 Å². The standard InChI is InChI=1S/C12H25BN4O6S.C2HF3O2/c14-11(3-4-11)7-16-24(22,23)17-6-9(2-1-5-13(20)21)12(15,8-17)10(18)19;3-2(4,5)1(6)7/h9,16,20-21H,1-8,14-15H2,(H,18,19);(H,6,7)/t9-,12-;/m1./s1. The van der Waals surface area contributed by atoms with Crippen LogP contribution in [0.5, 0.6) is 0 Å². The molecule has 0 bridgehead atoms. The molecular weight excluding hydrogens is 452 g/mol. The lowest BCUT2D eigenvalue weighted by Gasteiger charge is -2.25. The summed E-state index contributed by atoms with van der Waals surface area (Å²) < 4.78 is 59.9. The number of hydrogen-bond donors (Lipinski definition) is 7. The van der Waals surface area contributed by atoms with Crippen LogP contribution in [0.15, 0.2) is 0 Å². The molecule has 1 aliphatic heterocycles. The number of alkyl halides is 3. The van der Waals surface area contributed by atoms with Crippen molar-refractivity contribution in [1.29, 1.82) is 0 Å². The SMILES string of the molecule is NC1(CNS(=O)(=O)N2C[C@@H](CCCB(O)O)[C@@](N)(C(=O)O)C2)CC1.O=C(O)C(F)(F)F. The van der Waals surface area contributed by atoms with Crippen molar-refractivity contribution in [3.8, 4) is 0 Å². The summed E-state index contributed by atoms with van der Waals surface area (Å²) in [5.74, 6) is -4.64. The highest BCUT2D eigenvalue weighted by Gasteiger charge is 2.52. The topological polar surface area (TPSA) is 217 Å². The van der Waals surface area contributed by atoms with Crippen molar-refractivity contribution in [2.45, 2.75) is 49.3 Å². The summed E-state index contributed by atoms with van der Waals surface area (Å²) in [6.07, 6.45) is -2.89. The minimum atomic E-state index is -5.08. The molecule has 1 saturated heterocycles. The van der Waals surface area contributed by atoms with Crippen LogP contribution in [0.4, 0.5) is 13.2 Å². The van der Waals surface area contributed by atoms with Gasteiger partial charge in [0, 0.05) is 31.1 Å². The second-order valence-corrected chi connectivity index (χ2v) is 9.49. The molecule has 2 aliphatic rings. The zero-order valence-electron chi connectivity index (χ0n) is 16.4. The maximum absolute atomic E-state index is 12.4.